The van der Waals surface area contributed by atoms with Crippen LogP contribution in [0.4, 0.5) is 4.39 Å². The zero-order valence-electron chi connectivity index (χ0n) is 12.4. The van der Waals surface area contributed by atoms with Crippen LogP contribution in [0.5, 0.6) is 0 Å². The summed E-state index contributed by atoms with van der Waals surface area (Å²) in [5.41, 5.74) is 1.16. The van der Waals surface area contributed by atoms with Crippen molar-refractivity contribution in [3.05, 3.63) is 34.1 Å². The Bertz CT molecular complexity index is 458. The molecule has 1 aliphatic heterocycles. The van der Waals surface area contributed by atoms with E-state index in [9.17, 15) is 4.39 Å². The van der Waals surface area contributed by atoms with Crippen molar-refractivity contribution in [1.29, 1.82) is 0 Å². The molecule has 1 aromatic rings. The Hall–Kier alpha value is -0.450. The van der Waals surface area contributed by atoms with E-state index in [-0.39, 0.29) is 17.5 Å². The molecule has 1 aliphatic rings. The molecule has 2 rings (SSSR count). The zero-order valence-corrected chi connectivity index (χ0v) is 14.0. The van der Waals surface area contributed by atoms with Crippen molar-refractivity contribution in [2.45, 2.75) is 45.3 Å². The number of hydrogen-bond donors (Lipinski definition) is 1. The first-order valence-corrected chi connectivity index (χ1v) is 7.98. The first kappa shape index (κ1) is 15.9. The third-order valence-corrected chi connectivity index (χ3v) is 4.22. The summed E-state index contributed by atoms with van der Waals surface area (Å²) in [5, 5.41) is 3.55. The second kappa shape index (κ2) is 6.54. The van der Waals surface area contributed by atoms with E-state index < -0.39 is 0 Å². The molecule has 4 heteroatoms. The normalized spacial score (nSPS) is 23.9. The fraction of sp³-hybridized carbons (Fsp3) is 0.625. The topological polar surface area (TPSA) is 21.3 Å². The highest BCUT2D eigenvalue weighted by Crippen LogP contribution is 2.35. The summed E-state index contributed by atoms with van der Waals surface area (Å²) < 4.78 is 19.8. The van der Waals surface area contributed by atoms with Crippen molar-refractivity contribution in [3.8, 4) is 0 Å². The lowest BCUT2D eigenvalue weighted by Crippen LogP contribution is -2.41. The summed E-state index contributed by atoms with van der Waals surface area (Å²) >= 11 is 3.26. The van der Waals surface area contributed by atoms with E-state index in [0.29, 0.717) is 10.4 Å². The van der Waals surface area contributed by atoms with Crippen LogP contribution in [0.25, 0.3) is 0 Å². The van der Waals surface area contributed by atoms with Crippen molar-refractivity contribution < 1.29 is 9.13 Å². The average Bonchev–Trinajstić information content (AvgIpc) is 2.39. The van der Waals surface area contributed by atoms with Gasteiger partial charge in [-0.25, -0.2) is 4.39 Å². The third kappa shape index (κ3) is 4.27. The number of hydrogen-bond acceptors (Lipinski definition) is 2. The molecule has 0 radical (unpaired) electrons. The fourth-order valence-corrected chi connectivity index (χ4v) is 2.94. The molecule has 20 heavy (non-hydrogen) atoms. The number of ether oxygens (including phenoxy) is 1. The Kier molecular flexibility index (Phi) is 5.21. The molecule has 1 N–H and O–H groups in total. The van der Waals surface area contributed by atoms with Gasteiger partial charge in [-0.15, -0.1) is 0 Å². The van der Waals surface area contributed by atoms with Crippen LogP contribution in [0.1, 0.15) is 45.3 Å². The number of nitrogens with one attached hydrogen (secondary N) is 1. The molecule has 1 aromatic carbocycles. The van der Waals surface area contributed by atoms with Crippen LogP contribution < -0.4 is 5.32 Å². The molecule has 0 saturated carbocycles. The molecule has 2 nitrogen and oxygen atoms in total. The smallest absolute Gasteiger partial charge is 0.137 e. The van der Waals surface area contributed by atoms with Gasteiger partial charge < -0.3 is 10.1 Å². The Morgan fingerprint density at radius 1 is 1.40 bits per heavy atom. The minimum atomic E-state index is -0.228. The zero-order chi connectivity index (χ0) is 14.8. The van der Waals surface area contributed by atoms with E-state index in [4.69, 9.17) is 4.74 Å². The van der Waals surface area contributed by atoms with E-state index in [1.54, 1.807) is 0 Å². The second-order valence-corrected chi connectivity index (χ2v) is 7.35. The van der Waals surface area contributed by atoms with Crippen molar-refractivity contribution in [2.75, 3.05) is 13.2 Å². The summed E-state index contributed by atoms with van der Waals surface area (Å²) in [6.07, 6.45) is 2.29. The molecular formula is C16H23BrFNO. The summed E-state index contributed by atoms with van der Waals surface area (Å²) in [5.74, 6) is 0.203. The molecule has 0 amide bonds. The van der Waals surface area contributed by atoms with Crippen LogP contribution in [-0.4, -0.2) is 18.7 Å². The van der Waals surface area contributed by atoms with Crippen molar-refractivity contribution in [3.63, 3.8) is 0 Å². The summed E-state index contributed by atoms with van der Waals surface area (Å²) in [6.45, 7) is 8.20. The predicted molar refractivity (Wildman–Crippen MR) is 83.3 cm³/mol. The van der Waals surface area contributed by atoms with Gasteiger partial charge in [-0.1, -0.05) is 6.07 Å². The molecule has 2 atom stereocenters. The Morgan fingerprint density at radius 3 is 2.80 bits per heavy atom. The first-order valence-electron chi connectivity index (χ1n) is 7.18. The van der Waals surface area contributed by atoms with Crippen LogP contribution in [-0.2, 0) is 4.74 Å². The van der Waals surface area contributed by atoms with Crippen LogP contribution in [0.15, 0.2) is 22.7 Å². The van der Waals surface area contributed by atoms with Gasteiger partial charge in [0.25, 0.3) is 0 Å². The molecule has 0 aromatic heterocycles. The van der Waals surface area contributed by atoms with E-state index in [1.165, 1.54) is 6.07 Å². The molecule has 0 aliphatic carbocycles. The van der Waals surface area contributed by atoms with E-state index in [0.717, 1.165) is 31.6 Å². The lowest BCUT2D eigenvalue weighted by molar-refractivity contribution is -0.0293. The SMILES string of the molecule is CC(C)(C)NCC1CCCOC1c1ccc(F)c(Br)c1. The quantitative estimate of drug-likeness (QED) is 0.875. The monoisotopic (exact) mass is 343 g/mol. The number of benzene rings is 1. The lowest BCUT2D eigenvalue weighted by atomic mass is 9.88. The Morgan fingerprint density at radius 2 is 2.15 bits per heavy atom. The first-order chi connectivity index (χ1) is 9.37. The maximum Gasteiger partial charge on any atom is 0.137 e. The summed E-state index contributed by atoms with van der Waals surface area (Å²) in [6, 6.07) is 5.18. The molecule has 0 spiro atoms. The highest BCUT2D eigenvalue weighted by molar-refractivity contribution is 9.10. The van der Waals surface area contributed by atoms with Gasteiger partial charge in [0.2, 0.25) is 0 Å². The molecule has 2 unspecified atom stereocenters. The van der Waals surface area contributed by atoms with Gasteiger partial charge in [0.05, 0.1) is 10.6 Å². The average molecular weight is 344 g/mol. The van der Waals surface area contributed by atoms with E-state index in [2.05, 4.69) is 42.0 Å². The number of halogens is 2. The maximum absolute atomic E-state index is 13.4. The van der Waals surface area contributed by atoms with Crippen LogP contribution >= 0.6 is 15.9 Å². The van der Waals surface area contributed by atoms with E-state index >= 15 is 0 Å². The van der Waals surface area contributed by atoms with Crippen LogP contribution in [0.3, 0.4) is 0 Å². The van der Waals surface area contributed by atoms with Crippen LogP contribution in [0.2, 0.25) is 0 Å². The van der Waals surface area contributed by atoms with Gasteiger partial charge in [0.15, 0.2) is 0 Å². The van der Waals surface area contributed by atoms with Gasteiger partial charge in [-0.2, -0.15) is 0 Å². The molecule has 112 valence electrons. The summed E-state index contributed by atoms with van der Waals surface area (Å²) in [7, 11) is 0. The van der Waals surface area contributed by atoms with Gasteiger partial charge in [0, 0.05) is 24.6 Å². The fourth-order valence-electron chi connectivity index (χ4n) is 2.55. The summed E-state index contributed by atoms with van der Waals surface area (Å²) in [4.78, 5) is 0. The van der Waals surface area contributed by atoms with Gasteiger partial charge in [-0.05, 0) is 67.2 Å². The van der Waals surface area contributed by atoms with Gasteiger partial charge >= 0.3 is 0 Å². The molecule has 1 saturated heterocycles. The Labute approximate surface area is 129 Å². The largest absolute Gasteiger partial charge is 0.373 e. The highest BCUT2D eigenvalue weighted by Gasteiger charge is 2.28. The van der Waals surface area contributed by atoms with Gasteiger partial charge in [0.1, 0.15) is 5.82 Å². The Balaban J connectivity index is 2.11. The molecule has 1 heterocycles. The van der Waals surface area contributed by atoms with E-state index in [1.807, 2.05) is 12.1 Å². The molecule has 1 fully saturated rings. The van der Waals surface area contributed by atoms with Crippen molar-refractivity contribution in [2.24, 2.45) is 5.92 Å². The van der Waals surface area contributed by atoms with Crippen molar-refractivity contribution in [1.82, 2.24) is 5.32 Å². The van der Waals surface area contributed by atoms with Gasteiger partial charge in [-0.3, -0.25) is 0 Å². The molecular weight excluding hydrogens is 321 g/mol. The standard InChI is InChI=1S/C16H23BrFNO/c1-16(2,3)19-10-12-5-4-8-20-15(12)11-6-7-14(18)13(17)9-11/h6-7,9,12,15,19H,4-5,8,10H2,1-3H3. The third-order valence-electron chi connectivity index (χ3n) is 3.61. The minimum Gasteiger partial charge on any atom is -0.373 e. The maximum atomic E-state index is 13.4. The highest BCUT2D eigenvalue weighted by atomic mass is 79.9. The minimum absolute atomic E-state index is 0.0514. The van der Waals surface area contributed by atoms with Crippen LogP contribution in [0, 0.1) is 11.7 Å². The molecule has 0 bridgehead atoms. The van der Waals surface area contributed by atoms with Crippen molar-refractivity contribution >= 4 is 15.9 Å². The predicted octanol–water partition coefficient (Wildman–Crippen LogP) is 4.44. The second-order valence-electron chi connectivity index (χ2n) is 6.50. The lowest BCUT2D eigenvalue weighted by Gasteiger charge is -2.34. The number of rotatable bonds is 3.